The van der Waals surface area contributed by atoms with Crippen molar-refractivity contribution in [3.05, 3.63) is 0 Å². The molecule has 1 unspecified atom stereocenters. The van der Waals surface area contributed by atoms with Gasteiger partial charge in [0.15, 0.2) is 0 Å². The van der Waals surface area contributed by atoms with Crippen LogP contribution in [0.15, 0.2) is 0 Å². The van der Waals surface area contributed by atoms with E-state index in [4.69, 9.17) is 0 Å². The summed E-state index contributed by atoms with van der Waals surface area (Å²) in [4.78, 5) is 13.5. The highest BCUT2D eigenvalue weighted by atomic mass is 16.4. The van der Waals surface area contributed by atoms with E-state index >= 15 is 0 Å². The lowest BCUT2D eigenvalue weighted by atomic mass is 9.95. The number of unbranched alkanes of at least 4 members (excludes halogenated alkanes) is 1. The lowest BCUT2D eigenvalue weighted by Gasteiger charge is -2.26. The summed E-state index contributed by atoms with van der Waals surface area (Å²) < 4.78 is 0. The number of carboxylic acid groups (broad SMARTS) is 1. The van der Waals surface area contributed by atoms with Crippen molar-refractivity contribution >= 4 is 5.97 Å². The Labute approximate surface area is 105 Å². The minimum absolute atomic E-state index is 0.551. The lowest BCUT2D eigenvalue weighted by molar-refractivity contribution is -0.144. The molecule has 1 atom stereocenters. The number of hydrogen-bond donors (Lipinski definition) is 2. The second-order valence-electron chi connectivity index (χ2n) is 5.20. The highest BCUT2D eigenvalue weighted by Gasteiger charge is 2.30. The molecule has 17 heavy (non-hydrogen) atoms. The largest absolute Gasteiger partial charge is 0.480 e. The monoisotopic (exact) mass is 244 g/mol. The predicted molar refractivity (Wildman–Crippen MR) is 71.3 cm³/mol. The molecule has 0 heterocycles. The molecule has 0 aliphatic rings. The zero-order chi connectivity index (χ0) is 13.5. The fourth-order valence-corrected chi connectivity index (χ4v) is 1.76. The molecule has 0 fully saturated rings. The van der Waals surface area contributed by atoms with E-state index < -0.39 is 11.5 Å². The fourth-order valence-electron chi connectivity index (χ4n) is 1.76. The van der Waals surface area contributed by atoms with Gasteiger partial charge in [-0.25, -0.2) is 0 Å². The van der Waals surface area contributed by atoms with E-state index in [1.165, 1.54) is 0 Å². The van der Waals surface area contributed by atoms with Crippen molar-refractivity contribution < 1.29 is 9.90 Å². The molecule has 0 aliphatic carbocycles. The molecule has 4 nitrogen and oxygen atoms in total. The number of carbonyl (C=O) groups is 1. The van der Waals surface area contributed by atoms with Gasteiger partial charge in [-0.1, -0.05) is 6.92 Å². The van der Waals surface area contributed by atoms with Gasteiger partial charge in [-0.05, 0) is 60.2 Å². The van der Waals surface area contributed by atoms with E-state index in [0.29, 0.717) is 19.0 Å². The van der Waals surface area contributed by atoms with Crippen molar-refractivity contribution in [1.82, 2.24) is 10.2 Å². The Bertz CT molecular complexity index is 231. The predicted octanol–water partition coefficient (Wildman–Crippen LogP) is 1.95. The van der Waals surface area contributed by atoms with Crippen LogP contribution >= 0.6 is 0 Å². The molecule has 0 amide bonds. The first-order valence-electron chi connectivity index (χ1n) is 6.52. The summed E-state index contributed by atoms with van der Waals surface area (Å²) in [5.74, 6) is -0.753. The molecule has 0 aliphatic heterocycles. The van der Waals surface area contributed by atoms with Gasteiger partial charge in [0.25, 0.3) is 0 Å². The van der Waals surface area contributed by atoms with Gasteiger partial charge in [-0.2, -0.15) is 0 Å². The number of carboxylic acids is 1. The van der Waals surface area contributed by atoms with Crippen LogP contribution in [0.25, 0.3) is 0 Å². The number of rotatable bonds is 9. The SMILES string of the molecule is CCNC(C)(CCCCN(C)C(C)C)C(=O)O. The number of likely N-dealkylation sites (N-methyl/N-ethyl adjacent to an activating group) is 1. The van der Waals surface area contributed by atoms with Crippen molar-refractivity contribution in [3.8, 4) is 0 Å². The molecule has 4 heteroatoms. The smallest absolute Gasteiger partial charge is 0.323 e. The second kappa shape index (κ2) is 7.67. The lowest BCUT2D eigenvalue weighted by Crippen LogP contribution is -2.49. The summed E-state index contributed by atoms with van der Waals surface area (Å²) in [6, 6.07) is 0.551. The maximum absolute atomic E-state index is 11.2. The molecule has 0 rings (SSSR count). The average Bonchev–Trinajstić information content (AvgIpc) is 2.24. The molecule has 0 spiro atoms. The highest BCUT2D eigenvalue weighted by Crippen LogP contribution is 2.14. The van der Waals surface area contributed by atoms with Gasteiger partial charge in [-0.15, -0.1) is 0 Å². The first-order valence-corrected chi connectivity index (χ1v) is 6.52. The normalized spacial score (nSPS) is 15.2. The van der Waals surface area contributed by atoms with Crippen molar-refractivity contribution in [1.29, 1.82) is 0 Å². The van der Waals surface area contributed by atoms with Crippen LogP contribution in [0.3, 0.4) is 0 Å². The van der Waals surface area contributed by atoms with Crippen LogP contribution in [-0.2, 0) is 4.79 Å². The van der Waals surface area contributed by atoms with Crippen molar-refractivity contribution in [2.24, 2.45) is 0 Å². The number of hydrogen-bond acceptors (Lipinski definition) is 3. The fraction of sp³-hybridized carbons (Fsp3) is 0.923. The van der Waals surface area contributed by atoms with Crippen LogP contribution < -0.4 is 5.32 Å². The highest BCUT2D eigenvalue weighted by molar-refractivity contribution is 5.78. The summed E-state index contributed by atoms with van der Waals surface area (Å²) in [6.07, 6.45) is 2.66. The van der Waals surface area contributed by atoms with Gasteiger partial charge in [-0.3, -0.25) is 4.79 Å². The number of nitrogens with zero attached hydrogens (tertiary/aromatic N) is 1. The van der Waals surface area contributed by atoms with Gasteiger partial charge >= 0.3 is 5.97 Å². The first kappa shape index (κ1) is 16.4. The van der Waals surface area contributed by atoms with Gasteiger partial charge in [0, 0.05) is 6.04 Å². The zero-order valence-electron chi connectivity index (χ0n) is 11.9. The maximum atomic E-state index is 11.2. The quantitative estimate of drug-likeness (QED) is 0.609. The summed E-state index contributed by atoms with van der Waals surface area (Å²) in [5.41, 5.74) is -0.773. The Morgan fingerprint density at radius 1 is 1.41 bits per heavy atom. The Kier molecular flexibility index (Phi) is 7.39. The summed E-state index contributed by atoms with van der Waals surface area (Å²) in [5, 5.41) is 12.2. The molecular weight excluding hydrogens is 216 g/mol. The van der Waals surface area contributed by atoms with E-state index in [0.717, 1.165) is 19.4 Å². The number of aliphatic carboxylic acids is 1. The first-order chi connectivity index (χ1) is 7.83. The average molecular weight is 244 g/mol. The molecule has 0 radical (unpaired) electrons. The Balaban J connectivity index is 3.95. The zero-order valence-corrected chi connectivity index (χ0v) is 11.9. The van der Waals surface area contributed by atoms with E-state index in [9.17, 15) is 9.90 Å². The molecule has 0 aromatic rings. The third-order valence-electron chi connectivity index (χ3n) is 3.36. The van der Waals surface area contributed by atoms with Crippen LogP contribution in [-0.4, -0.2) is 47.7 Å². The van der Waals surface area contributed by atoms with Crippen LogP contribution in [0.2, 0.25) is 0 Å². The Morgan fingerprint density at radius 2 is 2.00 bits per heavy atom. The van der Waals surface area contributed by atoms with E-state index in [-0.39, 0.29) is 0 Å². The van der Waals surface area contributed by atoms with Crippen LogP contribution in [0, 0.1) is 0 Å². The van der Waals surface area contributed by atoms with Crippen LogP contribution in [0.4, 0.5) is 0 Å². The van der Waals surface area contributed by atoms with Gasteiger partial charge in [0.1, 0.15) is 5.54 Å². The van der Waals surface area contributed by atoms with Crippen molar-refractivity contribution in [2.75, 3.05) is 20.1 Å². The molecule has 0 bridgehead atoms. The summed E-state index contributed by atoms with van der Waals surface area (Å²) >= 11 is 0. The minimum Gasteiger partial charge on any atom is -0.480 e. The summed E-state index contributed by atoms with van der Waals surface area (Å²) in [7, 11) is 2.10. The van der Waals surface area contributed by atoms with Crippen LogP contribution in [0.5, 0.6) is 0 Å². The third kappa shape index (κ3) is 6.03. The Hall–Kier alpha value is -0.610. The molecule has 0 saturated heterocycles. The van der Waals surface area contributed by atoms with Crippen LogP contribution in [0.1, 0.15) is 47.0 Å². The van der Waals surface area contributed by atoms with Crippen molar-refractivity contribution in [2.45, 2.75) is 58.5 Å². The van der Waals surface area contributed by atoms with E-state index in [1.807, 2.05) is 6.92 Å². The third-order valence-corrected chi connectivity index (χ3v) is 3.36. The van der Waals surface area contributed by atoms with Crippen molar-refractivity contribution in [3.63, 3.8) is 0 Å². The second-order valence-corrected chi connectivity index (χ2v) is 5.20. The topological polar surface area (TPSA) is 52.6 Å². The maximum Gasteiger partial charge on any atom is 0.323 e. The Morgan fingerprint density at radius 3 is 2.41 bits per heavy atom. The van der Waals surface area contributed by atoms with E-state index in [1.54, 1.807) is 6.92 Å². The van der Waals surface area contributed by atoms with Gasteiger partial charge < -0.3 is 15.3 Å². The number of nitrogens with one attached hydrogen (secondary N) is 1. The van der Waals surface area contributed by atoms with Gasteiger partial charge in [0.2, 0.25) is 0 Å². The molecule has 102 valence electrons. The molecule has 2 N–H and O–H groups in total. The molecule has 0 aromatic heterocycles. The molecule has 0 saturated carbocycles. The standard InChI is InChI=1S/C13H28N2O2/c1-6-14-13(4,12(16)17)9-7-8-10-15(5)11(2)3/h11,14H,6-10H2,1-5H3,(H,16,17). The molecule has 0 aromatic carbocycles. The van der Waals surface area contributed by atoms with E-state index in [2.05, 4.69) is 31.1 Å². The molecular formula is C13H28N2O2. The summed E-state index contributed by atoms with van der Waals surface area (Å²) in [6.45, 7) is 9.76. The minimum atomic E-state index is -0.773. The van der Waals surface area contributed by atoms with Gasteiger partial charge in [0.05, 0.1) is 0 Å².